The largest absolute Gasteiger partial charge is 0.379 e. The molecule has 0 saturated carbocycles. The van der Waals surface area contributed by atoms with Gasteiger partial charge in [-0.05, 0) is 42.7 Å². The van der Waals surface area contributed by atoms with Crippen molar-refractivity contribution in [3.8, 4) is 0 Å². The van der Waals surface area contributed by atoms with Crippen LogP contribution in [0.2, 0.25) is 0 Å². The highest BCUT2D eigenvalue weighted by Crippen LogP contribution is 2.33. The predicted molar refractivity (Wildman–Crippen MR) is 105 cm³/mol. The van der Waals surface area contributed by atoms with Gasteiger partial charge in [-0.2, -0.15) is 0 Å². The standard InChI is InChI=1S/C22H31N3O2/c26-22(16-23-7-9-27-10-8-23)25-14-17-5-6-20(25)15-24(13-17)21-11-18-3-1-2-4-19(18)12-21/h1-4,17,20-21H,5-16H2/t17-,20+/m0/s1. The fourth-order valence-corrected chi connectivity index (χ4v) is 5.56. The quantitative estimate of drug-likeness (QED) is 0.807. The van der Waals surface area contributed by atoms with E-state index in [4.69, 9.17) is 4.74 Å². The molecule has 1 aromatic carbocycles. The van der Waals surface area contributed by atoms with Crippen molar-refractivity contribution in [3.63, 3.8) is 0 Å². The lowest BCUT2D eigenvalue weighted by atomic mass is 9.95. The number of carbonyl (C=O) groups is 1. The second-order valence-corrected chi connectivity index (χ2v) is 8.82. The van der Waals surface area contributed by atoms with Crippen LogP contribution in [0.15, 0.2) is 24.3 Å². The van der Waals surface area contributed by atoms with E-state index in [-0.39, 0.29) is 0 Å². The number of morpholine rings is 1. The van der Waals surface area contributed by atoms with Crippen molar-refractivity contribution in [3.05, 3.63) is 35.4 Å². The summed E-state index contributed by atoms with van der Waals surface area (Å²) in [6.07, 6.45) is 4.81. The Kier molecular flexibility index (Phi) is 4.92. The number of nitrogens with zero attached hydrogens (tertiary/aromatic N) is 3. The summed E-state index contributed by atoms with van der Waals surface area (Å²) >= 11 is 0. The van der Waals surface area contributed by atoms with Gasteiger partial charge in [-0.3, -0.25) is 14.6 Å². The highest BCUT2D eigenvalue weighted by Gasteiger charge is 2.40. The third-order valence-electron chi connectivity index (χ3n) is 7.07. The summed E-state index contributed by atoms with van der Waals surface area (Å²) in [4.78, 5) is 20.2. The summed E-state index contributed by atoms with van der Waals surface area (Å²) in [5.74, 6) is 0.976. The molecule has 0 N–H and O–H groups in total. The molecular weight excluding hydrogens is 338 g/mol. The third-order valence-corrected chi connectivity index (χ3v) is 7.07. The minimum Gasteiger partial charge on any atom is -0.379 e. The van der Waals surface area contributed by atoms with Gasteiger partial charge >= 0.3 is 0 Å². The molecule has 4 fully saturated rings. The van der Waals surface area contributed by atoms with Crippen molar-refractivity contribution >= 4 is 5.91 Å². The number of benzene rings is 1. The summed E-state index contributed by atoms with van der Waals surface area (Å²) in [5.41, 5.74) is 3.05. The van der Waals surface area contributed by atoms with Crippen molar-refractivity contribution < 1.29 is 9.53 Å². The van der Waals surface area contributed by atoms with Crippen LogP contribution < -0.4 is 0 Å². The molecule has 4 aliphatic heterocycles. The molecule has 0 radical (unpaired) electrons. The van der Waals surface area contributed by atoms with Crippen LogP contribution in [0.4, 0.5) is 0 Å². The Bertz CT molecular complexity index is 663. The van der Waals surface area contributed by atoms with Crippen LogP contribution in [0.3, 0.4) is 0 Å². The Morgan fingerprint density at radius 3 is 2.44 bits per heavy atom. The van der Waals surface area contributed by atoms with E-state index >= 15 is 0 Å². The first kappa shape index (κ1) is 17.7. The highest BCUT2D eigenvalue weighted by atomic mass is 16.5. The molecule has 146 valence electrons. The van der Waals surface area contributed by atoms with Crippen LogP contribution in [-0.2, 0) is 22.4 Å². The smallest absolute Gasteiger partial charge is 0.237 e. The van der Waals surface area contributed by atoms with Gasteiger partial charge in [-0.25, -0.2) is 0 Å². The van der Waals surface area contributed by atoms with Crippen LogP contribution in [0.25, 0.3) is 0 Å². The Hall–Kier alpha value is -1.43. The van der Waals surface area contributed by atoms with E-state index in [2.05, 4.69) is 39.0 Å². The summed E-state index contributed by atoms with van der Waals surface area (Å²) in [6, 6.07) is 9.94. The van der Waals surface area contributed by atoms with E-state index in [1.165, 1.54) is 36.8 Å². The van der Waals surface area contributed by atoms with Gasteiger partial charge in [0.2, 0.25) is 5.91 Å². The zero-order valence-electron chi connectivity index (χ0n) is 16.2. The van der Waals surface area contributed by atoms with E-state index in [0.29, 0.717) is 30.5 Å². The molecule has 0 aromatic heterocycles. The van der Waals surface area contributed by atoms with E-state index < -0.39 is 0 Å². The number of piperidine rings is 1. The van der Waals surface area contributed by atoms with Gasteiger partial charge in [-0.1, -0.05) is 24.3 Å². The van der Waals surface area contributed by atoms with Gasteiger partial charge in [-0.15, -0.1) is 0 Å². The highest BCUT2D eigenvalue weighted by molar-refractivity contribution is 5.78. The number of ether oxygens (including phenoxy) is 1. The Morgan fingerprint density at radius 2 is 1.70 bits per heavy atom. The molecule has 2 bridgehead atoms. The van der Waals surface area contributed by atoms with Gasteiger partial charge in [0.05, 0.1) is 19.8 Å². The summed E-state index contributed by atoms with van der Waals surface area (Å²) < 4.78 is 5.42. The molecule has 6 rings (SSSR count). The van der Waals surface area contributed by atoms with Gasteiger partial charge in [0, 0.05) is 44.8 Å². The topological polar surface area (TPSA) is 36.0 Å². The first-order chi connectivity index (χ1) is 13.3. The van der Waals surface area contributed by atoms with Crippen LogP contribution in [0.5, 0.6) is 0 Å². The van der Waals surface area contributed by atoms with Crippen LogP contribution in [0, 0.1) is 5.92 Å². The number of carbonyl (C=O) groups excluding carboxylic acids is 1. The molecule has 4 saturated heterocycles. The van der Waals surface area contributed by atoms with Gasteiger partial charge < -0.3 is 9.64 Å². The normalized spacial score (nSPS) is 29.7. The maximum atomic E-state index is 13.0. The second-order valence-electron chi connectivity index (χ2n) is 8.82. The third kappa shape index (κ3) is 3.65. The summed E-state index contributed by atoms with van der Waals surface area (Å²) in [5, 5.41) is 0. The molecule has 4 heterocycles. The summed E-state index contributed by atoms with van der Waals surface area (Å²) in [6.45, 7) is 7.05. The Morgan fingerprint density at radius 1 is 0.963 bits per heavy atom. The molecule has 0 unspecified atom stereocenters. The number of amides is 1. The number of hydrogen-bond acceptors (Lipinski definition) is 4. The molecule has 1 amide bonds. The molecular formula is C22H31N3O2. The second kappa shape index (κ2) is 7.53. The first-order valence-electron chi connectivity index (χ1n) is 10.7. The van der Waals surface area contributed by atoms with E-state index in [1.807, 2.05) is 0 Å². The molecule has 2 atom stereocenters. The lowest BCUT2D eigenvalue weighted by molar-refractivity contribution is -0.137. The van der Waals surface area contributed by atoms with Gasteiger partial charge in [0.15, 0.2) is 0 Å². The van der Waals surface area contributed by atoms with Crippen LogP contribution in [0.1, 0.15) is 24.0 Å². The fraction of sp³-hybridized carbons (Fsp3) is 0.682. The average Bonchev–Trinajstić information content (AvgIpc) is 2.91. The van der Waals surface area contributed by atoms with E-state index in [0.717, 1.165) is 45.9 Å². The molecule has 1 aromatic rings. The van der Waals surface area contributed by atoms with Crippen molar-refractivity contribution in [2.24, 2.45) is 5.92 Å². The van der Waals surface area contributed by atoms with Crippen LogP contribution in [-0.4, -0.2) is 85.2 Å². The number of fused-ring (bicyclic) bond motifs is 5. The molecule has 1 aliphatic carbocycles. The first-order valence-corrected chi connectivity index (χ1v) is 10.7. The molecule has 27 heavy (non-hydrogen) atoms. The number of hydrogen-bond donors (Lipinski definition) is 0. The van der Waals surface area contributed by atoms with Crippen molar-refractivity contribution in [1.29, 1.82) is 0 Å². The zero-order valence-corrected chi connectivity index (χ0v) is 16.2. The predicted octanol–water partition coefficient (Wildman–Crippen LogP) is 1.41. The van der Waals surface area contributed by atoms with Crippen LogP contribution >= 0.6 is 0 Å². The average molecular weight is 370 g/mol. The van der Waals surface area contributed by atoms with E-state index in [1.54, 1.807) is 0 Å². The minimum absolute atomic E-state index is 0.336. The maximum Gasteiger partial charge on any atom is 0.237 e. The monoisotopic (exact) mass is 369 g/mol. The summed E-state index contributed by atoms with van der Waals surface area (Å²) in [7, 11) is 0. The fourth-order valence-electron chi connectivity index (χ4n) is 5.56. The van der Waals surface area contributed by atoms with Crippen molar-refractivity contribution in [2.45, 2.75) is 37.8 Å². The molecule has 5 heteroatoms. The van der Waals surface area contributed by atoms with E-state index in [9.17, 15) is 4.79 Å². The lowest BCUT2D eigenvalue weighted by Gasteiger charge is -2.38. The Balaban J connectivity index is 1.24. The SMILES string of the molecule is O=C(CN1CCOCC1)N1C[C@H]2CC[C@@H]1CN(C1Cc3ccccc3C1)C2. The molecule has 5 aliphatic rings. The Labute approximate surface area is 162 Å². The molecule has 5 nitrogen and oxygen atoms in total. The van der Waals surface area contributed by atoms with Gasteiger partial charge in [0.1, 0.15) is 0 Å². The number of rotatable bonds is 3. The van der Waals surface area contributed by atoms with Crippen molar-refractivity contribution in [1.82, 2.24) is 14.7 Å². The zero-order chi connectivity index (χ0) is 18.2. The molecule has 0 spiro atoms. The van der Waals surface area contributed by atoms with Gasteiger partial charge in [0.25, 0.3) is 0 Å². The van der Waals surface area contributed by atoms with Crippen molar-refractivity contribution in [2.75, 3.05) is 52.5 Å². The minimum atomic E-state index is 0.336. The lowest BCUT2D eigenvalue weighted by Crippen LogP contribution is -2.52. The maximum absolute atomic E-state index is 13.0.